The van der Waals surface area contributed by atoms with Gasteiger partial charge in [0.05, 0.1) is 0 Å². The summed E-state index contributed by atoms with van der Waals surface area (Å²) in [6, 6.07) is 5.80. The van der Waals surface area contributed by atoms with E-state index in [-0.39, 0.29) is 11.9 Å². The Bertz CT molecular complexity index is 590. The van der Waals surface area contributed by atoms with E-state index in [4.69, 9.17) is 4.42 Å². The molecule has 0 fully saturated rings. The van der Waals surface area contributed by atoms with Crippen molar-refractivity contribution >= 4 is 23.7 Å². The number of thioether (sulfide) groups is 1. The largest absolute Gasteiger partial charge is 0.398 e. The molecule has 106 valence electrons. The van der Waals surface area contributed by atoms with E-state index in [1.165, 1.54) is 11.8 Å². The Balaban J connectivity index is 2.05. The minimum atomic E-state index is -0.243. The Labute approximate surface area is 122 Å². The summed E-state index contributed by atoms with van der Waals surface area (Å²) < 4.78 is 5.35. The van der Waals surface area contributed by atoms with Crippen molar-refractivity contribution in [2.75, 3.05) is 11.1 Å². The molecule has 2 aromatic rings. The first-order chi connectivity index (χ1) is 9.58. The van der Waals surface area contributed by atoms with Crippen LogP contribution in [0.5, 0.6) is 0 Å². The van der Waals surface area contributed by atoms with Crippen LogP contribution in [-0.4, -0.2) is 21.9 Å². The van der Waals surface area contributed by atoms with Crippen molar-refractivity contribution in [3.05, 3.63) is 34.9 Å². The quantitative estimate of drug-likeness (QED) is 0.855. The van der Waals surface area contributed by atoms with Gasteiger partial charge in [-0.15, -0.1) is 0 Å². The topological polar surface area (TPSA) is 68.0 Å². The molecule has 0 spiro atoms. The third-order valence-corrected chi connectivity index (χ3v) is 3.56. The van der Waals surface area contributed by atoms with Crippen molar-refractivity contribution < 1.29 is 9.21 Å². The molecule has 0 aliphatic rings. The van der Waals surface area contributed by atoms with Gasteiger partial charge in [-0.3, -0.25) is 10.1 Å². The standard InChI is InChI=1S/C14H17N3O2S/c1-4-5-20-14-17-16-13(19-14)15-12(18)11-7-9(2)6-10(3)8-11/h6-8H,4-5H2,1-3H3,(H,15,16,18). The van der Waals surface area contributed by atoms with Crippen LogP contribution in [0.1, 0.15) is 34.8 Å². The number of carbonyl (C=O) groups is 1. The second-order valence-corrected chi connectivity index (χ2v) is 5.60. The first-order valence-electron chi connectivity index (χ1n) is 6.44. The summed E-state index contributed by atoms with van der Waals surface area (Å²) in [4.78, 5) is 12.1. The molecule has 0 saturated carbocycles. The molecule has 1 N–H and O–H groups in total. The van der Waals surface area contributed by atoms with Gasteiger partial charge in [0, 0.05) is 11.3 Å². The molecule has 0 radical (unpaired) electrons. The molecule has 6 heteroatoms. The SMILES string of the molecule is CCCSc1nnc(NC(=O)c2cc(C)cc(C)c2)o1. The lowest BCUT2D eigenvalue weighted by molar-refractivity contribution is 0.102. The molecule has 20 heavy (non-hydrogen) atoms. The van der Waals surface area contributed by atoms with Crippen LogP contribution in [0.3, 0.4) is 0 Å². The lowest BCUT2D eigenvalue weighted by Crippen LogP contribution is -2.12. The molecular weight excluding hydrogens is 274 g/mol. The molecule has 1 amide bonds. The fourth-order valence-electron chi connectivity index (χ4n) is 1.78. The first-order valence-corrected chi connectivity index (χ1v) is 7.43. The van der Waals surface area contributed by atoms with Gasteiger partial charge in [0.2, 0.25) is 0 Å². The van der Waals surface area contributed by atoms with E-state index in [0.717, 1.165) is 23.3 Å². The first kappa shape index (κ1) is 14.6. The van der Waals surface area contributed by atoms with E-state index in [1.807, 2.05) is 32.0 Å². The molecule has 0 aliphatic carbocycles. The van der Waals surface area contributed by atoms with Crippen LogP contribution >= 0.6 is 11.8 Å². The number of benzene rings is 1. The average molecular weight is 291 g/mol. The summed E-state index contributed by atoms with van der Waals surface area (Å²) >= 11 is 1.48. The molecular formula is C14H17N3O2S. The van der Waals surface area contributed by atoms with Crippen molar-refractivity contribution in [2.45, 2.75) is 32.4 Å². The van der Waals surface area contributed by atoms with Crippen LogP contribution in [0.25, 0.3) is 0 Å². The molecule has 0 aliphatic heterocycles. The van der Waals surface area contributed by atoms with Crippen molar-refractivity contribution in [3.63, 3.8) is 0 Å². The van der Waals surface area contributed by atoms with Gasteiger partial charge in [0.1, 0.15) is 0 Å². The predicted molar refractivity (Wildman–Crippen MR) is 79.2 cm³/mol. The minimum Gasteiger partial charge on any atom is -0.398 e. The fourth-order valence-corrected chi connectivity index (χ4v) is 2.40. The lowest BCUT2D eigenvalue weighted by atomic mass is 10.1. The number of amides is 1. The molecule has 0 unspecified atom stereocenters. The number of hydrogen-bond donors (Lipinski definition) is 1. The number of hydrogen-bond acceptors (Lipinski definition) is 5. The van der Waals surface area contributed by atoms with Gasteiger partial charge >= 0.3 is 6.01 Å². The monoisotopic (exact) mass is 291 g/mol. The molecule has 0 bridgehead atoms. The number of aryl methyl sites for hydroxylation is 2. The lowest BCUT2D eigenvalue weighted by Gasteiger charge is -2.03. The van der Waals surface area contributed by atoms with E-state index >= 15 is 0 Å². The zero-order valence-corrected chi connectivity index (χ0v) is 12.6. The van der Waals surface area contributed by atoms with E-state index in [0.29, 0.717) is 10.8 Å². The smallest absolute Gasteiger partial charge is 0.323 e. The highest BCUT2D eigenvalue weighted by atomic mass is 32.2. The Hall–Kier alpha value is -1.82. The number of aromatic nitrogens is 2. The highest BCUT2D eigenvalue weighted by Gasteiger charge is 2.12. The van der Waals surface area contributed by atoms with Gasteiger partial charge in [-0.05, 0) is 32.4 Å². The Morgan fingerprint density at radius 1 is 1.25 bits per heavy atom. The van der Waals surface area contributed by atoms with Gasteiger partial charge in [0.25, 0.3) is 11.1 Å². The number of carbonyl (C=O) groups excluding carboxylic acids is 1. The third kappa shape index (κ3) is 3.84. The Morgan fingerprint density at radius 2 is 1.95 bits per heavy atom. The van der Waals surface area contributed by atoms with Crippen LogP contribution in [-0.2, 0) is 0 Å². The van der Waals surface area contributed by atoms with Crippen LogP contribution in [0.4, 0.5) is 6.01 Å². The van der Waals surface area contributed by atoms with E-state index in [2.05, 4.69) is 22.4 Å². The molecule has 5 nitrogen and oxygen atoms in total. The maximum absolute atomic E-state index is 12.1. The number of rotatable bonds is 5. The van der Waals surface area contributed by atoms with Gasteiger partial charge in [0.15, 0.2) is 0 Å². The number of anilines is 1. The minimum absolute atomic E-state index is 0.132. The number of nitrogens with zero attached hydrogens (tertiary/aromatic N) is 2. The number of nitrogens with one attached hydrogen (secondary N) is 1. The van der Waals surface area contributed by atoms with E-state index in [1.54, 1.807) is 0 Å². The summed E-state index contributed by atoms with van der Waals surface area (Å²) in [6.07, 6.45) is 1.03. The van der Waals surface area contributed by atoms with Gasteiger partial charge in [-0.1, -0.05) is 46.1 Å². The molecule has 1 aromatic heterocycles. The van der Waals surface area contributed by atoms with Crippen LogP contribution in [0.2, 0.25) is 0 Å². The third-order valence-electron chi connectivity index (χ3n) is 2.54. The van der Waals surface area contributed by atoms with Gasteiger partial charge in [-0.2, -0.15) is 0 Å². The summed E-state index contributed by atoms with van der Waals surface area (Å²) in [6.45, 7) is 5.98. The second-order valence-electron chi connectivity index (χ2n) is 4.55. The molecule has 0 atom stereocenters. The second kappa shape index (κ2) is 6.56. The maximum atomic E-state index is 12.1. The molecule has 1 aromatic carbocycles. The van der Waals surface area contributed by atoms with E-state index in [9.17, 15) is 4.79 Å². The summed E-state index contributed by atoms with van der Waals surface area (Å²) in [5, 5.41) is 10.8. The summed E-state index contributed by atoms with van der Waals surface area (Å²) in [5.41, 5.74) is 2.67. The molecule has 1 heterocycles. The van der Waals surface area contributed by atoms with Crippen LogP contribution in [0, 0.1) is 13.8 Å². The average Bonchev–Trinajstić information content (AvgIpc) is 2.82. The van der Waals surface area contributed by atoms with E-state index < -0.39 is 0 Å². The Morgan fingerprint density at radius 3 is 2.60 bits per heavy atom. The van der Waals surface area contributed by atoms with Crippen molar-refractivity contribution in [3.8, 4) is 0 Å². The summed E-state index contributed by atoms with van der Waals surface area (Å²) in [5.74, 6) is 0.666. The van der Waals surface area contributed by atoms with Crippen molar-refractivity contribution in [1.29, 1.82) is 0 Å². The molecule has 0 saturated heterocycles. The zero-order chi connectivity index (χ0) is 14.5. The van der Waals surface area contributed by atoms with Gasteiger partial charge < -0.3 is 4.42 Å². The van der Waals surface area contributed by atoms with Crippen LogP contribution < -0.4 is 5.32 Å². The fraction of sp³-hybridized carbons (Fsp3) is 0.357. The molecule has 2 rings (SSSR count). The highest BCUT2D eigenvalue weighted by molar-refractivity contribution is 7.99. The normalized spacial score (nSPS) is 10.6. The highest BCUT2D eigenvalue weighted by Crippen LogP contribution is 2.19. The Kier molecular flexibility index (Phi) is 4.79. The summed E-state index contributed by atoms with van der Waals surface area (Å²) in [7, 11) is 0. The predicted octanol–water partition coefficient (Wildman–Crippen LogP) is 3.44. The van der Waals surface area contributed by atoms with Crippen molar-refractivity contribution in [1.82, 2.24) is 10.2 Å². The van der Waals surface area contributed by atoms with Crippen LogP contribution in [0.15, 0.2) is 27.8 Å². The van der Waals surface area contributed by atoms with Crippen molar-refractivity contribution in [2.24, 2.45) is 0 Å². The zero-order valence-electron chi connectivity index (χ0n) is 11.8. The maximum Gasteiger partial charge on any atom is 0.323 e. The van der Waals surface area contributed by atoms with Gasteiger partial charge in [-0.25, -0.2) is 0 Å².